The van der Waals surface area contributed by atoms with Crippen LogP contribution in [-0.4, -0.2) is 45.8 Å². The van der Waals surface area contributed by atoms with Crippen molar-refractivity contribution in [2.45, 2.75) is 40.2 Å². The number of hydrogen-bond acceptors (Lipinski definition) is 7. The molecule has 0 atom stereocenters. The molecule has 0 aliphatic rings. The Labute approximate surface area is 231 Å². The molecule has 0 saturated heterocycles. The second kappa shape index (κ2) is 12.4. The van der Waals surface area contributed by atoms with Crippen LogP contribution < -0.4 is 5.43 Å². The lowest BCUT2D eigenvalue weighted by molar-refractivity contribution is 0.0522. The number of nitrogens with zero attached hydrogens (tertiary/aromatic N) is 2. The zero-order valence-electron chi connectivity index (χ0n) is 22.6. The van der Waals surface area contributed by atoms with Gasteiger partial charge in [-0.2, -0.15) is 0 Å². The molecule has 206 valence electrons. The lowest BCUT2D eigenvalue weighted by Crippen LogP contribution is -2.22. The minimum Gasteiger partial charge on any atom is -0.478 e. The summed E-state index contributed by atoms with van der Waals surface area (Å²) in [5, 5.41) is 9.56. The molecule has 1 heterocycles. The number of rotatable bonds is 10. The van der Waals surface area contributed by atoms with E-state index in [1.807, 2.05) is 35.8 Å². The minimum absolute atomic E-state index is 0.0620. The Morgan fingerprint density at radius 1 is 0.850 bits per heavy atom. The third-order valence-corrected chi connectivity index (χ3v) is 6.39. The molecule has 0 aliphatic heterocycles. The van der Waals surface area contributed by atoms with E-state index < -0.39 is 23.3 Å². The number of carbonyl (C=O) groups excluding carboxylic acids is 2. The fraction of sp³-hybridized carbons (Fsp3) is 0.258. The van der Waals surface area contributed by atoms with Gasteiger partial charge in [0, 0.05) is 13.0 Å². The topological polar surface area (TPSA) is 125 Å². The van der Waals surface area contributed by atoms with Gasteiger partial charge in [-0.1, -0.05) is 49.4 Å². The average molecular weight is 543 g/mol. The van der Waals surface area contributed by atoms with E-state index in [-0.39, 0.29) is 29.9 Å². The monoisotopic (exact) mass is 542 g/mol. The van der Waals surface area contributed by atoms with Crippen LogP contribution in [0.2, 0.25) is 0 Å². The van der Waals surface area contributed by atoms with Crippen molar-refractivity contribution in [1.82, 2.24) is 9.55 Å². The summed E-state index contributed by atoms with van der Waals surface area (Å²) in [6.45, 7) is 5.77. The first-order valence-electron chi connectivity index (χ1n) is 13.1. The van der Waals surface area contributed by atoms with Crippen LogP contribution in [0, 0.1) is 0 Å². The predicted molar refractivity (Wildman–Crippen MR) is 150 cm³/mol. The van der Waals surface area contributed by atoms with Gasteiger partial charge in [0.25, 0.3) is 0 Å². The van der Waals surface area contributed by atoms with Gasteiger partial charge in [-0.3, -0.25) is 4.79 Å². The van der Waals surface area contributed by atoms with E-state index in [2.05, 4.69) is 0 Å². The van der Waals surface area contributed by atoms with Crippen LogP contribution in [-0.2, 0) is 22.4 Å². The summed E-state index contributed by atoms with van der Waals surface area (Å²) >= 11 is 0. The van der Waals surface area contributed by atoms with Crippen molar-refractivity contribution in [1.29, 1.82) is 0 Å². The highest BCUT2D eigenvalue weighted by Gasteiger charge is 2.22. The molecule has 0 aliphatic carbocycles. The number of aromatic carboxylic acids is 1. The van der Waals surface area contributed by atoms with Crippen molar-refractivity contribution in [2.75, 3.05) is 13.2 Å². The van der Waals surface area contributed by atoms with Gasteiger partial charge in [-0.25, -0.2) is 19.4 Å². The Hall–Kier alpha value is -4.79. The van der Waals surface area contributed by atoms with E-state index in [4.69, 9.17) is 14.5 Å². The van der Waals surface area contributed by atoms with E-state index in [0.717, 1.165) is 23.4 Å². The zero-order valence-corrected chi connectivity index (χ0v) is 22.6. The molecule has 0 unspecified atom stereocenters. The van der Waals surface area contributed by atoms with Crippen LogP contribution in [0.5, 0.6) is 0 Å². The maximum Gasteiger partial charge on any atom is 0.342 e. The van der Waals surface area contributed by atoms with Crippen LogP contribution in [0.4, 0.5) is 0 Å². The molecule has 0 fully saturated rings. The first-order valence-corrected chi connectivity index (χ1v) is 13.1. The quantitative estimate of drug-likeness (QED) is 0.274. The molecular formula is C31H30N2O7. The number of benzene rings is 2. The highest BCUT2D eigenvalue weighted by atomic mass is 16.5. The number of aryl methyl sites for hydroxylation is 1. The number of carboxylic acid groups (broad SMARTS) is 1. The van der Waals surface area contributed by atoms with Crippen LogP contribution in [0.25, 0.3) is 22.2 Å². The predicted octanol–water partition coefficient (Wildman–Crippen LogP) is 5.12. The fourth-order valence-corrected chi connectivity index (χ4v) is 4.55. The molecular weight excluding hydrogens is 512 g/mol. The summed E-state index contributed by atoms with van der Waals surface area (Å²) in [6.07, 6.45) is 1.42. The number of hydrogen-bond donors (Lipinski definition) is 1. The molecule has 0 bridgehead atoms. The fourth-order valence-electron chi connectivity index (χ4n) is 4.55. The molecule has 40 heavy (non-hydrogen) atoms. The number of ether oxygens (including phenoxy) is 2. The van der Waals surface area contributed by atoms with Gasteiger partial charge in [0.2, 0.25) is 5.43 Å². The van der Waals surface area contributed by atoms with Gasteiger partial charge < -0.3 is 19.1 Å². The molecule has 0 amide bonds. The van der Waals surface area contributed by atoms with E-state index in [0.29, 0.717) is 29.6 Å². The second-order valence-electron chi connectivity index (χ2n) is 9.07. The van der Waals surface area contributed by atoms with Crippen molar-refractivity contribution >= 4 is 28.9 Å². The van der Waals surface area contributed by atoms with E-state index in [1.165, 1.54) is 12.1 Å². The number of carboxylic acids is 1. The molecule has 0 radical (unpaired) electrons. The second-order valence-corrected chi connectivity index (χ2v) is 9.07. The number of aromatic nitrogens is 2. The SMILES string of the molecule is CCCc1nc2cc(C(=O)OCC)c(=O)c(C(=O)OCC)cc2n1Cc1ccc(-c2ccccc2C(=O)O)cc1. The molecule has 0 saturated carbocycles. The minimum atomic E-state index is -1.00. The maximum absolute atomic E-state index is 13.3. The van der Waals surface area contributed by atoms with Gasteiger partial charge in [0.15, 0.2) is 0 Å². The first kappa shape index (κ1) is 28.2. The van der Waals surface area contributed by atoms with Crippen molar-refractivity contribution in [3.8, 4) is 11.1 Å². The summed E-state index contributed by atoms with van der Waals surface area (Å²) < 4.78 is 12.1. The van der Waals surface area contributed by atoms with Crippen molar-refractivity contribution in [3.05, 3.63) is 99.0 Å². The first-order chi connectivity index (χ1) is 19.3. The Kier molecular flexibility index (Phi) is 8.73. The molecule has 1 aromatic heterocycles. The molecule has 0 spiro atoms. The van der Waals surface area contributed by atoms with Gasteiger partial charge in [-0.05, 0) is 55.2 Å². The van der Waals surface area contributed by atoms with Gasteiger partial charge in [-0.15, -0.1) is 0 Å². The zero-order chi connectivity index (χ0) is 28.8. The third kappa shape index (κ3) is 5.78. The summed E-state index contributed by atoms with van der Waals surface area (Å²) in [7, 11) is 0. The number of fused-ring (bicyclic) bond motifs is 1. The van der Waals surface area contributed by atoms with Crippen molar-refractivity contribution < 1.29 is 29.0 Å². The highest BCUT2D eigenvalue weighted by molar-refractivity contribution is 5.99. The van der Waals surface area contributed by atoms with Crippen LogP contribution in [0.1, 0.15) is 69.7 Å². The molecule has 9 heteroatoms. The molecule has 9 nitrogen and oxygen atoms in total. The van der Waals surface area contributed by atoms with E-state index >= 15 is 0 Å². The Balaban J connectivity index is 1.85. The Morgan fingerprint density at radius 2 is 1.48 bits per heavy atom. The largest absolute Gasteiger partial charge is 0.478 e. The van der Waals surface area contributed by atoms with E-state index in [9.17, 15) is 24.3 Å². The molecule has 4 aromatic rings. The lowest BCUT2D eigenvalue weighted by atomic mass is 9.99. The van der Waals surface area contributed by atoms with Crippen LogP contribution >= 0.6 is 0 Å². The molecule has 1 N–H and O–H groups in total. The Morgan fingerprint density at radius 3 is 2.08 bits per heavy atom. The van der Waals surface area contributed by atoms with Crippen LogP contribution in [0.3, 0.4) is 0 Å². The lowest BCUT2D eigenvalue weighted by Gasteiger charge is -2.11. The summed E-state index contributed by atoms with van der Waals surface area (Å²) in [4.78, 5) is 55.1. The van der Waals surface area contributed by atoms with Gasteiger partial charge in [0.05, 0.1) is 29.8 Å². The van der Waals surface area contributed by atoms with Gasteiger partial charge >= 0.3 is 17.9 Å². The molecule has 4 rings (SSSR count). The number of esters is 2. The normalized spacial score (nSPS) is 10.9. The number of imidazole rings is 1. The average Bonchev–Trinajstić information content (AvgIpc) is 3.17. The maximum atomic E-state index is 13.3. The molecule has 3 aromatic carbocycles. The summed E-state index contributed by atoms with van der Waals surface area (Å²) in [5.74, 6) is -1.94. The third-order valence-electron chi connectivity index (χ3n) is 6.39. The van der Waals surface area contributed by atoms with E-state index in [1.54, 1.807) is 38.1 Å². The Bertz CT molecular complexity index is 1640. The highest BCUT2D eigenvalue weighted by Crippen LogP contribution is 2.26. The summed E-state index contributed by atoms with van der Waals surface area (Å²) in [5.41, 5.74) is 2.03. The van der Waals surface area contributed by atoms with Crippen molar-refractivity contribution in [2.24, 2.45) is 0 Å². The van der Waals surface area contributed by atoms with Gasteiger partial charge in [0.1, 0.15) is 17.0 Å². The van der Waals surface area contributed by atoms with Crippen molar-refractivity contribution in [3.63, 3.8) is 0 Å². The summed E-state index contributed by atoms with van der Waals surface area (Å²) in [6, 6.07) is 17.1. The van der Waals surface area contributed by atoms with Crippen LogP contribution in [0.15, 0.2) is 65.5 Å². The smallest absolute Gasteiger partial charge is 0.342 e. The standard InChI is InChI=1S/C31H30N2O7/c1-4-9-27-32-25-16-23(30(37)39-5-2)28(34)24(31(38)40-6-3)17-26(25)33(27)18-19-12-14-20(15-13-19)21-10-7-8-11-22(21)29(35)36/h7-8,10-17H,4-6,9,18H2,1-3H3,(H,35,36). The number of carbonyl (C=O) groups is 3.